The number of carbonyl (C=O) groups is 2. The van der Waals surface area contributed by atoms with Crippen LogP contribution in [0.4, 0.5) is 0 Å². The summed E-state index contributed by atoms with van der Waals surface area (Å²) in [5, 5.41) is 38.7. The van der Waals surface area contributed by atoms with Crippen molar-refractivity contribution in [3.8, 4) is 17.2 Å². The Balaban J connectivity index is 1.99. The summed E-state index contributed by atoms with van der Waals surface area (Å²) in [5.74, 6) is -1.99. The van der Waals surface area contributed by atoms with Crippen molar-refractivity contribution in [1.82, 2.24) is 0 Å². The lowest BCUT2D eigenvalue weighted by Gasteiger charge is -2.32. The number of Topliss-reactive ketones (excluding diaryl/α,β-unsaturated/α-hetero) is 2. The molecule has 0 bridgehead atoms. The third kappa shape index (κ3) is 2.24. The average molecular weight is 306 g/mol. The molecule has 1 aliphatic heterocycles. The van der Waals surface area contributed by atoms with E-state index in [1.807, 2.05) is 0 Å². The van der Waals surface area contributed by atoms with Gasteiger partial charge in [0, 0.05) is 18.6 Å². The quantitative estimate of drug-likeness (QED) is 0.540. The maximum atomic E-state index is 12.2. The third-order valence-electron chi connectivity index (χ3n) is 3.84. The molecule has 2 aliphatic rings. The monoisotopic (exact) mass is 306 g/mol. The molecule has 3 rings (SSSR count). The second-order valence-electron chi connectivity index (χ2n) is 5.36. The lowest BCUT2D eigenvalue weighted by atomic mass is 9.86. The maximum Gasteiger partial charge on any atom is 0.202 e. The van der Waals surface area contributed by atoms with Gasteiger partial charge in [-0.1, -0.05) is 6.08 Å². The van der Waals surface area contributed by atoms with Crippen molar-refractivity contribution in [2.24, 2.45) is 0 Å². The minimum Gasteiger partial charge on any atom is -0.508 e. The highest BCUT2D eigenvalue weighted by Crippen LogP contribution is 2.40. The molecule has 0 amide bonds. The van der Waals surface area contributed by atoms with E-state index in [-0.39, 0.29) is 29.9 Å². The molecule has 0 fully saturated rings. The molecule has 1 heterocycles. The van der Waals surface area contributed by atoms with Gasteiger partial charge in [0.25, 0.3) is 0 Å². The molecule has 7 nitrogen and oxygen atoms in total. The normalized spacial score (nSPS) is 27.9. The highest BCUT2D eigenvalue weighted by Gasteiger charge is 2.41. The van der Waals surface area contributed by atoms with Gasteiger partial charge in [0.05, 0.1) is 0 Å². The van der Waals surface area contributed by atoms with E-state index in [0.29, 0.717) is 5.57 Å². The minimum absolute atomic E-state index is 0.0581. The summed E-state index contributed by atoms with van der Waals surface area (Å²) >= 11 is 0. The molecule has 0 saturated heterocycles. The van der Waals surface area contributed by atoms with Gasteiger partial charge in [-0.2, -0.15) is 0 Å². The predicted octanol–water partition coefficient (Wildman–Crippen LogP) is 0.0526. The standard InChI is InChI=1S/C15H14O7/c16-7-4-10(19)12-11(5-7)22-15(14(21)13(12)20)6-1-2-8(17)9(18)3-6/h1,4-5,8,14-17,19,21H,2-3H2. The number of benzene rings is 1. The smallest absolute Gasteiger partial charge is 0.202 e. The van der Waals surface area contributed by atoms with Gasteiger partial charge in [-0.15, -0.1) is 0 Å². The molecule has 0 aromatic heterocycles. The number of phenolic OH excluding ortho intramolecular Hbond substituents is 2. The number of carbonyl (C=O) groups excluding carboxylic acids is 2. The summed E-state index contributed by atoms with van der Waals surface area (Å²) in [6.07, 6.45) is -2.22. The summed E-state index contributed by atoms with van der Waals surface area (Å²) in [6.45, 7) is 0. The Labute approximate surface area is 125 Å². The fraction of sp³-hybridized carbons (Fsp3) is 0.333. The van der Waals surface area contributed by atoms with Crippen LogP contribution in [0.2, 0.25) is 0 Å². The Bertz CT molecular complexity index is 691. The number of aliphatic hydroxyl groups excluding tert-OH is 2. The Kier molecular flexibility index (Phi) is 3.38. The summed E-state index contributed by atoms with van der Waals surface area (Å²) in [7, 11) is 0. The summed E-state index contributed by atoms with van der Waals surface area (Å²) < 4.78 is 5.51. The zero-order chi connectivity index (χ0) is 16.0. The van der Waals surface area contributed by atoms with E-state index in [1.165, 1.54) is 0 Å². The Morgan fingerprint density at radius 2 is 1.86 bits per heavy atom. The molecule has 0 radical (unpaired) electrons. The number of fused-ring (bicyclic) bond motifs is 1. The average Bonchev–Trinajstić information content (AvgIpc) is 2.45. The zero-order valence-corrected chi connectivity index (χ0v) is 11.4. The molecule has 1 aliphatic carbocycles. The highest BCUT2D eigenvalue weighted by atomic mass is 16.5. The Morgan fingerprint density at radius 3 is 2.55 bits per heavy atom. The molecular weight excluding hydrogens is 292 g/mol. The van der Waals surface area contributed by atoms with Crippen LogP contribution in [0.1, 0.15) is 23.2 Å². The van der Waals surface area contributed by atoms with Crippen LogP contribution in [0.15, 0.2) is 23.8 Å². The fourth-order valence-electron chi connectivity index (χ4n) is 2.69. The van der Waals surface area contributed by atoms with Gasteiger partial charge in [0.2, 0.25) is 5.78 Å². The maximum absolute atomic E-state index is 12.2. The predicted molar refractivity (Wildman–Crippen MR) is 72.9 cm³/mol. The van der Waals surface area contributed by atoms with E-state index < -0.39 is 35.6 Å². The second kappa shape index (κ2) is 5.11. The van der Waals surface area contributed by atoms with Crippen molar-refractivity contribution in [2.75, 3.05) is 0 Å². The summed E-state index contributed by atoms with van der Waals surface area (Å²) in [6, 6.07) is 2.14. The highest BCUT2D eigenvalue weighted by molar-refractivity contribution is 6.06. The zero-order valence-electron chi connectivity index (χ0n) is 11.4. The van der Waals surface area contributed by atoms with E-state index in [2.05, 4.69) is 0 Å². The van der Waals surface area contributed by atoms with E-state index in [0.717, 1.165) is 12.1 Å². The first-order valence-corrected chi connectivity index (χ1v) is 6.73. The van der Waals surface area contributed by atoms with Crippen LogP contribution in [0.5, 0.6) is 17.2 Å². The van der Waals surface area contributed by atoms with Gasteiger partial charge in [-0.05, 0) is 12.0 Å². The number of ketones is 2. The van der Waals surface area contributed by atoms with E-state index >= 15 is 0 Å². The number of phenols is 2. The lowest BCUT2D eigenvalue weighted by Crippen LogP contribution is -2.45. The SMILES string of the molecule is O=C1CC(C2Oc3cc(O)cc(O)c3C(=O)C2O)=CCC1O. The van der Waals surface area contributed by atoms with Gasteiger partial charge in [0.15, 0.2) is 18.0 Å². The van der Waals surface area contributed by atoms with Crippen molar-refractivity contribution < 1.29 is 34.8 Å². The van der Waals surface area contributed by atoms with Crippen molar-refractivity contribution in [3.63, 3.8) is 0 Å². The molecule has 4 N–H and O–H groups in total. The molecule has 3 unspecified atom stereocenters. The fourth-order valence-corrected chi connectivity index (χ4v) is 2.69. The van der Waals surface area contributed by atoms with Crippen LogP contribution in [0.3, 0.4) is 0 Å². The van der Waals surface area contributed by atoms with Gasteiger partial charge in [0.1, 0.15) is 28.9 Å². The van der Waals surface area contributed by atoms with Gasteiger partial charge >= 0.3 is 0 Å². The number of rotatable bonds is 1. The van der Waals surface area contributed by atoms with Gasteiger partial charge in [-0.25, -0.2) is 0 Å². The first-order valence-electron chi connectivity index (χ1n) is 6.73. The van der Waals surface area contributed by atoms with Crippen molar-refractivity contribution in [2.45, 2.75) is 31.2 Å². The second-order valence-corrected chi connectivity index (χ2v) is 5.36. The van der Waals surface area contributed by atoms with Crippen LogP contribution in [-0.4, -0.2) is 50.3 Å². The first-order chi connectivity index (χ1) is 10.4. The first kappa shape index (κ1) is 14.6. The topological polar surface area (TPSA) is 124 Å². The number of hydrogen-bond acceptors (Lipinski definition) is 7. The van der Waals surface area contributed by atoms with Gasteiger partial charge in [-0.3, -0.25) is 9.59 Å². The summed E-state index contributed by atoms with van der Waals surface area (Å²) in [4.78, 5) is 23.8. The van der Waals surface area contributed by atoms with E-state index in [9.17, 15) is 30.0 Å². The molecule has 3 atom stereocenters. The van der Waals surface area contributed by atoms with Crippen molar-refractivity contribution in [3.05, 3.63) is 29.3 Å². The summed E-state index contributed by atoms with van der Waals surface area (Å²) in [5.41, 5.74) is 0.189. The van der Waals surface area contributed by atoms with Crippen LogP contribution in [0, 0.1) is 0 Å². The molecular formula is C15H14O7. The number of aromatic hydroxyl groups is 2. The van der Waals surface area contributed by atoms with Gasteiger partial charge < -0.3 is 25.2 Å². The molecule has 0 spiro atoms. The number of hydrogen-bond donors (Lipinski definition) is 4. The number of aliphatic hydroxyl groups is 2. The number of ether oxygens (including phenoxy) is 1. The third-order valence-corrected chi connectivity index (χ3v) is 3.84. The lowest BCUT2D eigenvalue weighted by molar-refractivity contribution is -0.127. The van der Waals surface area contributed by atoms with Crippen molar-refractivity contribution >= 4 is 11.6 Å². The largest absolute Gasteiger partial charge is 0.508 e. The van der Waals surface area contributed by atoms with Crippen LogP contribution >= 0.6 is 0 Å². The Morgan fingerprint density at radius 1 is 1.14 bits per heavy atom. The van der Waals surface area contributed by atoms with Crippen LogP contribution < -0.4 is 4.74 Å². The molecule has 1 aromatic rings. The van der Waals surface area contributed by atoms with E-state index in [1.54, 1.807) is 6.08 Å². The molecule has 1 aromatic carbocycles. The van der Waals surface area contributed by atoms with Crippen molar-refractivity contribution in [1.29, 1.82) is 0 Å². The Hall–Kier alpha value is -2.38. The molecule has 7 heteroatoms. The van der Waals surface area contributed by atoms with Crippen LogP contribution in [-0.2, 0) is 4.79 Å². The molecule has 22 heavy (non-hydrogen) atoms. The van der Waals surface area contributed by atoms with E-state index in [4.69, 9.17) is 4.74 Å². The minimum atomic E-state index is -1.57. The van der Waals surface area contributed by atoms with Crippen LogP contribution in [0.25, 0.3) is 0 Å². The molecule has 0 saturated carbocycles. The molecule has 116 valence electrons.